The highest BCUT2D eigenvalue weighted by Gasteiger charge is 2.21. The van der Waals surface area contributed by atoms with Crippen LogP contribution < -0.4 is 4.74 Å². The van der Waals surface area contributed by atoms with Crippen LogP contribution in [0.4, 0.5) is 0 Å². The fraction of sp³-hybridized carbons (Fsp3) is 0.364. The van der Waals surface area contributed by atoms with E-state index < -0.39 is 0 Å². The van der Waals surface area contributed by atoms with Crippen molar-refractivity contribution in [1.82, 2.24) is 15.1 Å². The maximum absolute atomic E-state index is 5.93. The summed E-state index contributed by atoms with van der Waals surface area (Å²) in [6, 6.07) is 15.9. The van der Waals surface area contributed by atoms with Crippen molar-refractivity contribution in [3.63, 3.8) is 0 Å². The summed E-state index contributed by atoms with van der Waals surface area (Å²) in [5, 5.41) is 9.07. The van der Waals surface area contributed by atoms with Gasteiger partial charge in [0.25, 0.3) is 0 Å². The van der Waals surface area contributed by atoms with Gasteiger partial charge in [0.1, 0.15) is 5.75 Å². The van der Waals surface area contributed by atoms with Crippen LogP contribution in [-0.4, -0.2) is 35.3 Å². The second kappa shape index (κ2) is 8.76. The van der Waals surface area contributed by atoms with E-state index in [-0.39, 0.29) is 0 Å². The summed E-state index contributed by atoms with van der Waals surface area (Å²) >= 11 is 5.93. The molecule has 146 valence electrons. The molecule has 1 aliphatic rings. The largest absolute Gasteiger partial charge is 0.497 e. The van der Waals surface area contributed by atoms with Crippen LogP contribution in [0, 0.1) is 5.92 Å². The number of piperidine rings is 1. The first-order chi connectivity index (χ1) is 13.7. The second-order valence-electron chi connectivity index (χ2n) is 7.28. The van der Waals surface area contributed by atoms with E-state index >= 15 is 0 Å². The number of benzene rings is 2. The summed E-state index contributed by atoms with van der Waals surface area (Å²) < 4.78 is 11.1. The number of halogens is 1. The number of methoxy groups -OCH3 is 1. The van der Waals surface area contributed by atoms with Crippen molar-refractivity contribution in [2.45, 2.75) is 25.8 Å². The van der Waals surface area contributed by atoms with Gasteiger partial charge in [-0.3, -0.25) is 4.90 Å². The average molecular weight is 398 g/mol. The smallest absolute Gasteiger partial charge is 0.247 e. The molecule has 1 aliphatic heterocycles. The first-order valence-electron chi connectivity index (χ1n) is 9.63. The Morgan fingerprint density at radius 2 is 1.75 bits per heavy atom. The van der Waals surface area contributed by atoms with Gasteiger partial charge < -0.3 is 9.15 Å². The zero-order chi connectivity index (χ0) is 19.3. The first kappa shape index (κ1) is 19.0. The fourth-order valence-electron chi connectivity index (χ4n) is 3.66. The lowest BCUT2D eigenvalue weighted by Gasteiger charge is -2.31. The van der Waals surface area contributed by atoms with Gasteiger partial charge in [0, 0.05) is 10.6 Å². The monoisotopic (exact) mass is 397 g/mol. The third-order valence-corrected chi connectivity index (χ3v) is 5.56. The molecule has 1 fully saturated rings. The van der Waals surface area contributed by atoms with Gasteiger partial charge in [0.05, 0.1) is 13.7 Å². The molecule has 0 radical (unpaired) electrons. The lowest BCUT2D eigenvalue weighted by Crippen LogP contribution is -2.33. The molecule has 0 atom stereocenters. The van der Waals surface area contributed by atoms with Crippen LogP contribution >= 0.6 is 11.6 Å². The predicted octanol–water partition coefficient (Wildman–Crippen LogP) is 4.85. The third kappa shape index (κ3) is 4.72. The van der Waals surface area contributed by atoms with Crippen LogP contribution in [0.15, 0.2) is 52.9 Å². The number of rotatable bonds is 6. The zero-order valence-electron chi connectivity index (χ0n) is 16.0. The Morgan fingerprint density at radius 3 is 2.43 bits per heavy atom. The molecule has 0 amide bonds. The topological polar surface area (TPSA) is 51.4 Å². The second-order valence-corrected chi connectivity index (χ2v) is 7.72. The van der Waals surface area contributed by atoms with E-state index in [9.17, 15) is 0 Å². The summed E-state index contributed by atoms with van der Waals surface area (Å²) in [6.45, 7) is 2.81. The number of likely N-dealkylation sites (tertiary alicyclic amines) is 1. The summed E-state index contributed by atoms with van der Waals surface area (Å²) in [5.41, 5.74) is 2.27. The minimum Gasteiger partial charge on any atom is -0.497 e. The molecule has 1 saturated heterocycles. The van der Waals surface area contributed by atoms with Crippen molar-refractivity contribution in [3.05, 3.63) is 65.0 Å². The van der Waals surface area contributed by atoms with E-state index in [1.54, 1.807) is 7.11 Å². The SMILES string of the molecule is COc1ccc(CC2CCN(Cc3nnc(-c4ccc(Cl)cc4)o3)CC2)cc1. The van der Waals surface area contributed by atoms with Gasteiger partial charge in [0.2, 0.25) is 11.8 Å². The summed E-state index contributed by atoms with van der Waals surface area (Å²) in [5.74, 6) is 2.84. The van der Waals surface area contributed by atoms with Crippen molar-refractivity contribution >= 4 is 11.6 Å². The number of aromatic nitrogens is 2. The van der Waals surface area contributed by atoms with Crippen molar-refractivity contribution in [3.8, 4) is 17.2 Å². The maximum Gasteiger partial charge on any atom is 0.247 e. The molecular formula is C22H24ClN3O2. The van der Waals surface area contributed by atoms with E-state index in [4.69, 9.17) is 20.8 Å². The highest BCUT2D eigenvalue weighted by Crippen LogP contribution is 2.25. The third-order valence-electron chi connectivity index (χ3n) is 5.31. The predicted molar refractivity (Wildman–Crippen MR) is 109 cm³/mol. The normalized spacial score (nSPS) is 15.6. The molecule has 5 nitrogen and oxygen atoms in total. The summed E-state index contributed by atoms with van der Waals surface area (Å²) in [6.07, 6.45) is 3.49. The summed E-state index contributed by atoms with van der Waals surface area (Å²) in [4.78, 5) is 2.39. The molecule has 28 heavy (non-hydrogen) atoms. The summed E-state index contributed by atoms with van der Waals surface area (Å²) in [7, 11) is 1.70. The Balaban J connectivity index is 1.28. The van der Waals surface area contributed by atoms with E-state index in [0.717, 1.165) is 36.7 Å². The van der Waals surface area contributed by atoms with Crippen LogP contribution in [0.25, 0.3) is 11.5 Å². The van der Waals surface area contributed by atoms with Crippen LogP contribution in [0.5, 0.6) is 5.75 Å². The maximum atomic E-state index is 5.93. The van der Waals surface area contributed by atoms with Gasteiger partial charge in [-0.2, -0.15) is 0 Å². The highest BCUT2D eigenvalue weighted by atomic mass is 35.5. The quantitative estimate of drug-likeness (QED) is 0.594. The lowest BCUT2D eigenvalue weighted by molar-refractivity contribution is 0.164. The Labute approximate surface area is 170 Å². The van der Waals surface area contributed by atoms with Crippen LogP contribution in [0.3, 0.4) is 0 Å². The average Bonchev–Trinajstić information content (AvgIpc) is 3.19. The van der Waals surface area contributed by atoms with Gasteiger partial charge >= 0.3 is 0 Å². The zero-order valence-corrected chi connectivity index (χ0v) is 16.7. The molecule has 2 aromatic carbocycles. The molecule has 2 heterocycles. The van der Waals surface area contributed by atoms with Crippen molar-refractivity contribution in [1.29, 1.82) is 0 Å². The standard InChI is InChI=1S/C22H24ClN3O2/c1-27-20-8-2-16(3-9-20)14-17-10-12-26(13-11-17)15-21-24-25-22(28-21)18-4-6-19(23)7-5-18/h2-9,17H,10-15H2,1H3. The van der Waals surface area contributed by atoms with Gasteiger partial charge in [-0.15, -0.1) is 10.2 Å². The van der Waals surface area contributed by atoms with Crippen molar-refractivity contribution in [2.24, 2.45) is 5.92 Å². The van der Waals surface area contributed by atoms with E-state index in [0.29, 0.717) is 23.3 Å². The number of nitrogens with zero attached hydrogens (tertiary/aromatic N) is 3. The Bertz CT molecular complexity index is 885. The molecule has 0 spiro atoms. The number of hydrogen-bond acceptors (Lipinski definition) is 5. The molecule has 6 heteroatoms. The van der Waals surface area contributed by atoms with Gasteiger partial charge in [-0.25, -0.2) is 0 Å². The molecule has 0 unspecified atom stereocenters. The van der Waals surface area contributed by atoms with Crippen LogP contribution in [-0.2, 0) is 13.0 Å². The van der Waals surface area contributed by atoms with E-state index in [2.05, 4.69) is 27.2 Å². The molecule has 0 aliphatic carbocycles. The number of ether oxygens (including phenoxy) is 1. The van der Waals surface area contributed by atoms with E-state index in [1.165, 1.54) is 18.4 Å². The van der Waals surface area contributed by atoms with Crippen LogP contribution in [0.1, 0.15) is 24.3 Å². The highest BCUT2D eigenvalue weighted by molar-refractivity contribution is 6.30. The van der Waals surface area contributed by atoms with E-state index in [1.807, 2.05) is 36.4 Å². The van der Waals surface area contributed by atoms with Crippen LogP contribution in [0.2, 0.25) is 5.02 Å². The van der Waals surface area contributed by atoms with Crippen molar-refractivity contribution in [2.75, 3.05) is 20.2 Å². The molecule has 3 aromatic rings. The molecule has 0 saturated carbocycles. The molecule has 0 N–H and O–H groups in total. The minimum atomic E-state index is 0.543. The molecule has 4 rings (SSSR count). The fourth-order valence-corrected chi connectivity index (χ4v) is 3.79. The molecule has 1 aromatic heterocycles. The Hall–Kier alpha value is -2.37. The molecular weight excluding hydrogens is 374 g/mol. The Morgan fingerprint density at radius 1 is 1.04 bits per heavy atom. The first-order valence-corrected chi connectivity index (χ1v) is 10.0. The molecule has 0 bridgehead atoms. The van der Waals surface area contributed by atoms with Gasteiger partial charge in [0.15, 0.2) is 0 Å². The number of hydrogen-bond donors (Lipinski definition) is 0. The van der Waals surface area contributed by atoms with Gasteiger partial charge in [-0.1, -0.05) is 23.7 Å². The lowest BCUT2D eigenvalue weighted by atomic mass is 9.90. The van der Waals surface area contributed by atoms with Crippen molar-refractivity contribution < 1.29 is 9.15 Å². The minimum absolute atomic E-state index is 0.543. The van der Waals surface area contributed by atoms with Gasteiger partial charge in [-0.05, 0) is 80.2 Å². The Kier molecular flexibility index (Phi) is 5.93.